The Balaban J connectivity index is 3.09. The van der Waals surface area contributed by atoms with E-state index < -0.39 is 0 Å². The van der Waals surface area contributed by atoms with E-state index in [4.69, 9.17) is 9.84 Å². The van der Waals surface area contributed by atoms with E-state index in [0.717, 1.165) is 0 Å². The molecule has 0 heterocycles. The molecule has 0 aliphatic rings. The topological polar surface area (TPSA) is 46.5 Å². The molecule has 0 amide bonds. The molecular weight excluding hydrogens is 132 g/mol. The summed E-state index contributed by atoms with van der Waals surface area (Å²) < 4.78 is 4.86. The molecule has 0 atom stereocenters. The molecule has 0 unspecified atom stereocenters. The van der Waals surface area contributed by atoms with Crippen LogP contribution in [0.25, 0.3) is 0 Å². The summed E-state index contributed by atoms with van der Waals surface area (Å²) in [7, 11) is 0. The van der Waals surface area contributed by atoms with Crippen molar-refractivity contribution in [3.63, 3.8) is 0 Å². The standard InChI is InChI=1S/C7H14O3/c1-2-10-6-7(9)4-3-5-8/h8H,2-6H2,1H3. The summed E-state index contributed by atoms with van der Waals surface area (Å²) in [4.78, 5) is 10.7. The van der Waals surface area contributed by atoms with Crippen LogP contribution >= 0.6 is 0 Å². The quantitative estimate of drug-likeness (QED) is 0.588. The lowest BCUT2D eigenvalue weighted by Crippen LogP contribution is -2.08. The van der Waals surface area contributed by atoms with Crippen LogP contribution in [0, 0.1) is 0 Å². The molecule has 3 nitrogen and oxygen atoms in total. The Morgan fingerprint density at radius 3 is 2.80 bits per heavy atom. The first-order valence-electron chi connectivity index (χ1n) is 3.51. The van der Waals surface area contributed by atoms with Crippen molar-refractivity contribution >= 4 is 5.78 Å². The van der Waals surface area contributed by atoms with Crippen LogP contribution in [0.5, 0.6) is 0 Å². The predicted molar refractivity (Wildman–Crippen MR) is 37.8 cm³/mol. The molecule has 1 N–H and O–H groups in total. The van der Waals surface area contributed by atoms with Crippen LogP contribution in [-0.4, -0.2) is 30.7 Å². The van der Waals surface area contributed by atoms with Gasteiger partial charge in [-0.1, -0.05) is 0 Å². The third-order valence-corrected chi connectivity index (χ3v) is 1.08. The Morgan fingerprint density at radius 2 is 2.30 bits per heavy atom. The zero-order valence-corrected chi connectivity index (χ0v) is 6.30. The van der Waals surface area contributed by atoms with Gasteiger partial charge >= 0.3 is 0 Å². The molecule has 0 fully saturated rings. The number of aliphatic hydroxyl groups is 1. The highest BCUT2D eigenvalue weighted by Crippen LogP contribution is 1.89. The average molecular weight is 146 g/mol. The van der Waals surface area contributed by atoms with Crippen LogP contribution in [-0.2, 0) is 9.53 Å². The molecule has 0 aliphatic heterocycles. The maximum Gasteiger partial charge on any atom is 0.158 e. The number of ether oxygens (including phenoxy) is 1. The highest BCUT2D eigenvalue weighted by atomic mass is 16.5. The Bertz CT molecular complexity index is 80.9. The number of aliphatic hydroxyl groups excluding tert-OH is 1. The van der Waals surface area contributed by atoms with Crippen molar-refractivity contribution in [2.45, 2.75) is 19.8 Å². The fourth-order valence-electron chi connectivity index (χ4n) is 0.564. The first-order valence-corrected chi connectivity index (χ1v) is 3.51. The zero-order chi connectivity index (χ0) is 7.82. The van der Waals surface area contributed by atoms with E-state index in [2.05, 4.69) is 0 Å². The van der Waals surface area contributed by atoms with Crippen LogP contribution < -0.4 is 0 Å². The smallest absolute Gasteiger partial charge is 0.158 e. The Morgan fingerprint density at radius 1 is 1.60 bits per heavy atom. The molecule has 0 spiro atoms. The number of rotatable bonds is 6. The fourth-order valence-corrected chi connectivity index (χ4v) is 0.564. The molecule has 0 aliphatic carbocycles. The Labute approximate surface area is 61.0 Å². The van der Waals surface area contributed by atoms with Crippen molar-refractivity contribution < 1.29 is 14.6 Å². The van der Waals surface area contributed by atoms with Gasteiger partial charge in [0.05, 0.1) is 0 Å². The molecule has 0 saturated carbocycles. The monoisotopic (exact) mass is 146 g/mol. The lowest BCUT2D eigenvalue weighted by Gasteiger charge is -1.98. The van der Waals surface area contributed by atoms with Crippen LogP contribution in [0.4, 0.5) is 0 Å². The fraction of sp³-hybridized carbons (Fsp3) is 0.857. The number of hydrogen-bond donors (Lipinski definition) is 1. The van der Waals surface area contributed by atoms with Crippen LogP contribution in [0.15, 0.2) is 0 Å². The van der Waals surface area contributed by atoms with E-state index in [1.165, 1.54) is 0 Å². The lowest BCUT2D eigenvalue weighted by molar-refractivity contribution is -0.123. The Hall–Kier alpha value is -0.410. The molecule has 3 heteroatoms. The van der Waals surface area contributed by atoms with Gasteiger partial charge in [0, 0.05) is 19.6 Å². The first-order chi connectivity index (χ1) is 4.81. The van der Waals surface area contributed by atoms with Crippen LogP contribution in [0.2, 0.25) is 0 Å². The summed E-state index contributed by atoms with van der Waals surface area (Å²) in [6.07, 6.45) is 0.975. The van der Waals surface area contributed by atoms with E-state index in [9.17, 15) is 4.79 Å². The number of ketones is 1. The van der Waals surface area contributed by atoms with Crippen molar-refractivity contribution in [2.75, 3.05) is 19.8 Å². The second-order valence-corrected chi connectivity index (χ2v) is 2.00. The van der Waals surface area contributed by atoms with E-state index in [1.54, 1.807) is 0 Å². The van der Waals surface area contributed by atoms with Crippen LogP contribution in [0.1, 0.15) is 19.8 Å². The highest BCUT2D eigenvalue weighted by molar-refractivity contribution is 5.79. The second kappa shape index (κ2) is 6.71. The van der Waals surface area contributed by atoms with Gasteiger partial charge in [-0.2, -0.15) is 0 Å². The predicted octanol–water partition coefficient (Wildman–Crippen LogP) is 0.364. The summed E-state index contributed by atoms with van der Waals surface area (Å²) in [5.74, 6) is 0.0656. The molecular formula is C7H14O3. The second-order valence-electron chi connectivity index (χ2n) is 2.00. The van der Waals surface area contributed by atoms with Crippen molar-refractivity contribution in [2.24, 2.45) is 0 Å². The Kier molecular flexibility index (Phi) is 6.43. The van der Waals surface area contributed by atoms with Gasteiger partial charge in [-0.3, -0.25) is 4.79 Å². The molecule has 0 rings (SSSR count). The third-order valence-electron chi connectivity index (χ3n) is 1.08. The van der Waals surface area contributed by atoms with Gasteiger partial charge in [-0.25, -0.2) is 0 Å². The maximum absolute atomic E-state index is 10.7. The molecule has 0 saturated heterocycles. The maximum atomic E-state index is 10.7. The average Bonchev–Trinajstić information content (AvgIpc) is 1.97. The van der Waals surface area contributed by atoms with Gasteiger partial charge in [0.1, 0.15) is 6.61 Å². The molecule has 0 aromatic rings. The van der Waals surface area contributed by atoms with Gasteiger partial charge < -0.3 is 9.84 Å². The number of hydrogen-bond acceptors (Lipinski definition) is 3. The third kappa shape index (κ3) is 5.72. The summed E-state index contributed by atoms with van der Waals surface area (Å²) in [6, 6.07) is 0. The van der Waals surface area contributed by atoms with E-state index >= 15 is 0 Å². The van der Waals surface area contributed by atoms with Crippen molar-refractivity contribution in [3.05, 3.63) is 0 Å². The molecule has 0 aromatic carbocycles. The molecule has 10 heavy (non-hydrogen) atoms. The van der Waals surface area contributed by atoms with Crippen molar-refractivity contribution in [1.82, 2.24) is 0 Å². The molecule has 60 valence electrons. The lowest BCUT2D eigenvalue weighted by atomic mass is 10.2. The highest BCUT2D eigenvalue weighted by Gasteiger charge is 1.98. The summed E-state index contributed by atoms with van der Waals surface area (Å²) in [5.41, 5.74) is 0. The number of carbonyl (C=O) groups is 1. The normalized spacial score (nSPS) is 9.80. The van der Waals surface area contributed by atoms with Crippen molar-refractivity contribution in [1.29, 1.82) is 0 Å². The van der Waals surface area contributed by atoms with E-state index in [1.807, 2.05) is 6.92 Å². The minimum Gasteiger partial charge on any atom is -0.396 e. The van der Waals surface area contributed by atoms with E-state index in [-0.39, 0.29) is 19.0 Å². The van der Waals surface area contributed by atoms with Crippen molar-refractivity contribution in [3.8, 4) is 0 Å². The zero-order valence-electron chi connectivity index (χ0n) is 6.30. The number of carbonyl (C=O) groups excluding carboxylic acids is 1. The van der Waals surface area contributed by atoms with Crippen LogP contribution in [0.3, 0.4) is 0 Å². The summed E-state index contributed by atoms with van der Waals surface area (Å²) in [6.45, 7) is 2.69. The van der Waals surface area contributed by atoms with Gasteiger partial charge in [0.15, 0.2) is 5.78 Å². The summed E-state index contributed by atoms with van der Waals surface area (Å²) in [5, 5.41) is 8.35. The first kappa shape index (κ1) is 9.59. The molecule has 0 radical (unpaired) electrons. The van der Waals surface area contributed by atoms with Gasteiger partial charge in [0.25, 0.3) is 0 Å². The number of Topliss-reactive ketones (excluding diaryl/α,β-unsaturated/α-hetero) is 1. The van der Waals surface area contributed by atoms with Gasteiger partial charge in [-0.05, 0) is 13.3 Å². The minimum absolute atomic E-state index is 0.0656. The van der Waals surface area contributed by atoms with Gasteiger partial charge in [-0.15, -0.1) is 0 Å². The van der Waals surface area contributed by atoms with Gasteiger partial charge in [0.2, 0.25) is 0 Å². The SMILES string of the molecule is CCOCC(=O)CCCO. The van der Waals surface area contributed by atoms with E-state index in [0.29, 0.717) is 19.4 Å². The molecule has 0 bridgehead atoms. The summed E-state index contributed by atoms with van der Waals surface area (Å²) >= 11 is 0. The minimum atomic E-state index is 0.0656. The molecule has 0 aromatic heterocycles. The largest absolute Gasteiger partial charge is 0.396 e.